The zero-order valence-electron chi connectivity index (χ0n) is 18.6. The Morgan fingerprint density at radius 2 is 1.97 bits per heavy atom. The van der Waals surface area contributed by atoms with Gasteiger partial charge in [-0.3, -0.25) is 0 Å². The van der Waals surface area contributed by atoms with Gasteiger partial charge in [-0.2, -0.15) is 5.26 Å². The van der Waals surface area contributed by atoms with Crippen LogP contribution in [-0.2, 0) is 20.8 Å². The lowest BCUT2D eigenvalue weighted by Crippen LogP contribution is -2.23. The molecule has 0 amide bonds. The minimum atomic E-state index is -0.829. The topological polar surface area (TPSA) is 60.7 Å². The van der Waals surface area contributed by atoms with Crippen molar-refractivity contribution in [3.8, 4) is 22.9 Å². The molecule has 1 heterocycles. The second-order valence-electron chi connectivity index (χ2n) is 8.32. The van der Waals surface area contributed by atoms with Gasteiger partial charge in [0.2, 0.25) is 0 Å². The third kappa shape index (κ3) is 5.43. The van der Waals surface area contributed by atoms with Gasteiger partial charge >= 0.3 is 0 Å². The van der Waals surface area contributed by atoms with Crippen molar-refractivity contribution in [1.82, 2.24) is 0 Å². The third-order valence-corrected chi connectivity index (χ3v) is 5.62. The zero-order chi connectivity index (χ0) is 22.4. The van der Waals surface area contributed by atoms with Gasteiger partial charge in [0, 0.05) is 19.3 Å². The largest absolute Gasteiger partial charge is 0.497 e. The van der Waals surface area contributed by atoms with Crippen molar-refractivity contribution in [3.05, 3.63) is 53.3 Å². The molecule has 166 valence electrons. The van der Waals surface area contributed by atoms with E-state index in [4.69, 9.17) is 18.9 Å². The van der Waals surface area contributed by atoms with Crippen molar-refractivity contribution >= 4 is 0 Å². The molecule has 0 aromatic heterocycles. The molecule has 2 aromatic rings. The Labute approximate surface area is 183 Å². The molecule has 2 aromatic carbocycles. The Morgan fingerprint density at radius 1 is 1.16 bits per heavy atom. The first-order chi connectivity index (χ1) is 14.9. The van der Waals surface area contributed by atoms with Crippen LogP contribution < -0.4 is 4.74 Å². The van der Waals surface area contributed by atoms with Crippen molar-refractivity contribution < 1.29 is 23.3 Å². The van der Waals surface area contributed by atoms with Crippen molar-refractivity contribution in [2.75, 3.05) is 20.8 Å². The first kappa shape index (κ1) is 23.2. The van der Waals surface area contributed by atoms with Crippen LogP contribution in [0.1, 0.15) is 50.3 Å². The summed E-state index contributed by atoms with van der Waals surface area (Å²) >= 11 is 0. The van der Waals surface area contributed by atoms with Crippen LogP contribution >= 0.6 is 0 Å². The van der Waals surface area contributed by atoms with Gasteiger partial charge in [0.15, 0.2) is 6.29 Å². The maximum Gasteiger partial charge on any atom is 0.158 e. The average molecular weight is 428 g/mol. The first-order valence-electron chi connectivity index (χ1n) is 10.5. The number of hydrogen-bond donors (Lipinski definition) is 0. The summed E-state index contributed by atoms with van der Waals surface area (Å²) in [6.07, 6.45) is 2.25. The van der Waals surface area contributed by atoms with E-state index < -0.39 is 11.5 Å². The van der Waals surface area contributed by atoms with Gasteiger partial charge in [-0.1, -0.05) is 18.2 Å². The Balaban J connectivity index is 2.02. The number of benzene rings is 2. The smallest absolute Gasteiger partial charge is 0.158 e. The number of ether oxygens (including phenoxy) is 4. The summed E-state index contributed by atoms with van der Waals surface area (Å²) in [5.74, 6) is 0.184. The lowest BCUT2D eigenvalue weighted by molar-refractivity contribution is -0.168. The summed E-state index contributed by atoms with van der Waals surface area (Å²) in [6, 6.07) is 12.6. The van der Waals surface area contributed by atoms with Gasteiger partial charge in [0.1, 0.15) is 17.7 Å². The number of nitrogens with zero attached hydrogens (tertiary/aromatic N) is 1. The second-order valence-corrected chi connectivity index (χ2v) is 8.32. The molecule has 0 saturated carbocycles. The highest BCUT2D eigenvalue weighted by molar-refractivity contribution is 5.70. The van der Waals surface area contributed by atoms with E-state index in [2.05, 4.69) is 6.07 Å². The molecule has 5 nitrogen and oxygen atoms in total. The van der Waals surface area contributed by atoms with Gasteiger partial charge < -0.3 is 18.9 Å². The highest BCUT2D eigenvalue weighted by Crippen LogP contribution is 2.42. The van der Waals surface area contributed by atoms with Crippen LogP contribution in [0.15, 0.2) is 36.4 Å². The van der Waals surface area contributed by atoms with Crippen LogP contribution in [0, 0.1) is 22.6 Å². The van der Waals surface area contributed by atoms with Crippen LogP contribution in [0.5, 0.6) is 5.75 Å². The molecule has 0 N–H and O–H groups in total. The lowest BCUT2D eigenvalue weighted by atomic mass is 9.80. The molecule has 6 heteroatoms. The maximum absolute atomic E-state index is 14.8. The third-order valence-electron chi connectivity index (χ3n) is 5.62. The molecule has 2 atom stereocenters. The summed E-state index contributed by atoms with van der Waals surface area (Å²) in [5, 5.41) is 9.73. The fraction of sp³-hybridized carbons (Fsp3) is 0.480. The van der Waals surface area contributed by atoms with Crippen LogP contribution in [-0.4, -0.2) is 27.1 Å². The first-order valence-corrected chi connectivity index (χ1v) is 10.5. The van der Waals surface area contributed by atoms with Gasteiger partial charge in [-0.05, 0) is 68.0 Å². The van der Waals surface area contributed by atoms with Crippen LogP contribution in [0.25, 0.3) is 11.1 Å². The van der Waals surface area contributed by atoms with E-state index in [1.165, 1.54) is 6.07 Å². The van der Waals surface area contributed by atoms with Crippen molar-refractivity contribution in [3.63, 3.8) is 0 Å². The van der Waals surface area contributed by atoms with E-state index in [1.54, 1.807) is 26.4 Å². The summed E-state index contributed by atoms with van der Waals surface area (Å²) < 4.78 is 37.4. The van der Waals surface area contributed by atoms with E-state index in [9.17, 15) is 9.65 Å². The standard InChI is InChI=1S/C25H30FNO4/c1-25(2,16-27)24(29-4)21-13-17(15-31-23-7-5-6-12-30-23)8-10-19(21)20-14-18(28-3)9-11-22(20)26/h8-11,13-14,23-24H,5-7,12,15H2,1-4H3. The zero-order valence-corrected chi connectivity index (χ0v) is 18.6. The summed E-state index contributed by atoms with van der Waals surface area (Å²) in [4.78, 5) is 0. The minimum absolute atomic E-state index is 0.207. The fourth-order valence-electron chi connectivity index (χ4n) is 3.90. The molecule has 1 saturated heterocycles. The Kier molecular flexibility index (Phi) is 7.66. The average Bonchev–Trinajstić information content (AvgIpc) is 2.79. The predicted molar refractivity (Wildman–Crippen MR) is 116 cm³/mol. The maximum atomic E-state index is 14.8. The fourth-order valence-corrected chi connectivity index (χ4v) is 3.90. The van der Waals surface area contributed by atoms with Crippen molar-refractivity contribution in [2.45, 2.75) is 52.1 Å². The van der Waals surface area contributed by atoms with E-state index in [0.29, 0.717) is 30.1 Å². The molecule has 0 aliphatic carbocycles. The van der Waals surface area contributed by atoms with Gasteiger partial charge in [0.05, 0.1) is 25.2 Å². The molecular weight excluding hydrogens is 397 g/mol. The van der Waals surface area contributed by atoms with Gasteiger partial charge in [-0.15, -0.1) is 0 Å². The molecule has 0 spiro atoms. The van der Waals surface area contributed by atoms with Gasteiger partial charge in [-0.25, -0.2) is 4.39 Å². The molecule has 0 radical (unpaired) electrons. The lowest BCUT2D eigenvalue weighted by Gasteiger charge is -2.30. The summed E-state index contributed by atoms with van der Waals surface area (Å²) in [5.41, 5.74) is 1.86. The SMILES string of the molecule is COc1ccc(F)c(-c2ccc(COC3CCCCO3)cc2C(OC)C(C)(C)C#N)c1. The predicted octanol–water partition coefficient (Wildman–Crippen LogP) is 5.78. The normalized spacial score (nSPS) is 17.7. The second kappa shape index (κ2) is 10.2. The number of rotatable bonds is 8. The van der Waals surface area contributed by atoms with E-state index in [1.807, 2.05) is 32.0 Å². The Hall–Kier alpha value is -2.46. The van der Waals surface area contributed by atoms with Crippen LogP contribution in [0.4, 0.5) is 4.39 Å². The Morgan fingerprint density at radius 3 is 2.61 bits per heavy atom. The molecule has 3 rings (SSSR count). The van der Waals surface area contributed by atoms with E-state index in [-0.39, 0.29) is 12.1 Å². The number of methoxy groups -OCH3 is 2. The number of hydrogen-bond acceptors (Lipinski definition) is 5. The Bertz CT molecular complexity index is 932. The molecule has 0 bridgehead atoms. The highest BCUT2D eigenvalue weighted by Gasteiger charge is 2.33. The van der Waals surface area contributed by atoms with E-state index in [0.717, 1.165) is 30.4 Å². The van der Waals surface area contributed by atoms with Crippen LogP contribution in [0.2, 0.25) is 0 Å². The quantitative estimate of drug-likeness (QED) is 0.534. The molecule has 31 heavy (non-hydrogen) atoms. The number of halogens is 1. The molecule has 1 aliphatic heterocycles. The number of nitriles is 1. The molecule has 1 fully saturated rings. The van der Waals surface area contributed by atoms with Crippen LogP contribution in [0.3, 0.4) is 0 Å². The summed E-state index contributed by atoms with van der Waals surface area (Å²) in [6.45, 7) is 4.70. The van der Waals surface area contributed by atoms with E-state index >= 15 is 0 Å². The molecule has 2 unspecified atom stereocenters. The van der Waals surface area contributed by atoms with Crippen molar-refractivity contribution in [1.29, 1.82) is 5.26 Å². The monoisotopic (exact) mass is 427 g/mol. The minimum Gasteiger partial charge on any atom is -0.497 e. The van der Waals surface area contributed by atoms with Crippen molar-refractivity contribution in [2.24, 2.45) is 5.41 Å². The molecular formula is C25H30FNO4. The summed E-state index contributed by atoms with van der Waals surface area (Å²) in [7, 11) is 3.11. The van der Waals surface area contributed by atoms with Gasteiger partial charge in [0.25, 0.3) is 0 Å². The highest BCUT2D eigenvalue weighted by atomic mass is 19.1. The molecule has 1 aliphatic rings.